The van der Waals surface area contributed by atoms with Crippen molar-refractivity contribution in [3.05, 3.63) is 51.0 Å². The Labute approximate surface area is 119 Å². The Morgan fingerprint density at radius 3 is 2.55 bits per heavy atom. The van der Waals surface area contributed by atoms with E-state index in [0.29, 0.717) is 17.0 Å². The van der Waals surface area contributed by atoms with Crippen LogP contribution in [0.2, 0.25) is 0 Å². The van der Waals surface area contributed by atoms with Gasteiger partial charge in [0.15, 0.2) is 4.21 Å². The number of hydrogen-bond donors (Lipinski definition) is 1. The van der Waals surface area contributed by atoms with Gasteiger partial charge in [0.1, 0.15) is 5.82 Å². The molecular weight excluding hydrogens is 303 g/mol. The van der Waals surface area contributed by atoms with E-state index in [9.17, 15) is 17.6 Å². The van der Waals surface area contributed by atoms with Gasteiger partial charge in [0.25, 0.3) is 10.0 Å². The summed E-state index contributed by atoms with van der Waals surface area (Å²) in [6.07, 6.45) is 0. The normalized spacial score (nSPS) is 12.0. The molecule has 1 aromatic heterocycles. The van der Waals surface area contributed by atoms with Gasteiger partial charge in [-0.3, -0.25) is 4.79 Å². The summed E-state index contributed by atoms with van der Waals surface area (Å²) < 4.78 is 39.2. The zero-order chi connectivity index (χ0) is 14.9. The lowest BCUT2D eigenvalue weighted by Crippen LogP contribution is -2.26. The number of aryl methyl sites for hydroxylation is 1. The van der Waals surface area contributed by atoms with Gasteiger partial charge < -0.3 is 4.98 Å². The van der Waals surface area contributed by atoms with Crippen molar-refractivity contribution in [2.45, 2.75) is 17.7 Å². The summed E-state index contributed by atoms with van der Waals surface area (Å²) in [4.78, 5) is 13.2. The summed E-state index contributed by atoms with van der Waals surface area (Å²) in [7, 11) is -2.46. The van der Waals surface area contributed by atoms with Crippen molar-refractivity contribution >= 4 is 21.4 Å². The molecule has 1 aromatic carbocycles. The van der Waals surface area contributed by atoms with Crippen molar-refractivity contribution in [2.24, 2.45) is 0 Å². The van der Waals surface area contributed by atoms with Crippen LogP contribution in [0.3, 0.4) is 0 Å². The maximum atomic E-state index is 13.5. The third-order valence-corrected chi connectivity index (χ3v) is 6.16. The van der Waals surface area contributed by atoms with Crippen molar-refractivity contribution in [2.75, 3.05) is 7.05 Å². The summed E-state index contributed by atoms with van der Waals surface area (Å²) in [6.45, 7) is 1.42. The molecule has 0 amide bonds. The molecule has 8 heteroatoms. The highest BCUT2D eigenvalue weighted by Gasteiger charge is 2.26. The van der Waals surface area contributed by atoms with Crippen LogP contribution in [-0.4, -0.2) is 24.8 Å². The predicted octanol–water partition coefficient (Wildman–Crippen LogP) is 1.70. The first-order valence-corrected chi connectivity index (χ1v) is 7.97. The smallest absolute Gasteiger partial charge is 0.305 e. The first-order chi connectivity index (χ1) is 9.32. The lowest BCUT2D eigenvalue weighted by atomic mass is 10.2. The van der Waals surface area contributed by atoms with E-state index in [2.05, 4.69) is 4.98 Å². The molecule has 2 rings (SSSR count). The summed E-state index contributed by atoms with van der Waals surface area (Å²) in [5.74, 6) is -0.464. The second-order valence-electron chi connectivity index (χ2n) is 4.28. The van der Waals surface area contributed by atoms with Crippen LogP contribution in [0.1, 0.15) is 11.3 Å². The number of nitrogens with one attached hydrogen (secondary N) is 1. The van der Waals surface area contributed by atoms with Gasteiger partial charge in [-0.1, -0.05) is 29.5 Å². The standard InChI is InChI=1S/C12H13FN2O3S2/c1-8-11(19-12(16)14-8)20(17,18)15(2)7-9-5-3-4-6-10(9)13/h3-6H,7H2,1-2H3,(H,14,16). The zero-order valence-corrected chi connectivity index (χ0v) is 12.5. The maximum Gasteiger partial charge on any atom is 0.305 e. The molecule has 0 radical (unpaired) electrons. The summed E-state index contributed by atoms with van der Waals surface area (Å²) in [5.41, 5.74) is 0.569. The Hall–Kier alpha value is -1.51. The van der Waals surface area contributed by atoms with Crippen LogP contribution < -0.4 is 4.87 Å². The molecule has 20 heavy (non-hydrogen) atoms. The second-order valence-corrected chi connectivity index (χ2v) is 7.50. The fourth-order valence-corrected chi connectivity index (χ4v) is 4.37. The summed E-state index contributed by atoms with van der Waals surface area (Å²) >= 11 is 0.630. The number of nitrogens with zero attached hydrogens (tertiary/aromatic N) is 1. The number of rotatable bonds is 4. The van der Waals surface area contributed by atoms with E-state index in [1.807, 2.05) is 0 Å². The minimum absolute atomic E-state index is 0.0404. The third-order valence-electron chi connectivity index (χ3n) is 2.78. The minimum Gasteiger partial charge on any atom is -0.315 e. The summed E-state index contributed by atoms with van der Waals surface area (Å²) in [5, 5.41) is 0. The van der Waals surface area contributed by atoms with Crippen molar-refractivity contribution in [1.29, 1.82) is 0 Å². The molecule has 0 atom stereocenters. The van der Waals surface area contributed by atoms with E-state index in [1.165, 1.54) is 32.2 Å². The molecule has 0 unspecified atom stereocenters. The van der Waals surface area contributed by atoms with E-state index in [1.54, 1.807) is 6.07 Å². The van der Waals surface area contributed by atoms with E-state index in [-0.39, 0.29) is 16.3 Å². The lowest BCUT2D eigenvalue weighted by Gasteiger charge is -2.16. The van der Waals surface area contributed by atoms with Gasteiger partial charge in [-0.25, -0.2) is 12.8 Å². The van der Waals surface area contributed by atoms with Crippen LogP contribution in [0.4, 0.5) is 4.39 Å². The van der Waals surface area contributed by atoms with Crippen LogP contribution in [0.5, 0.6) is 0 Å². The van der Waals surface area contributed by atoms with Crippen LogP contribution in [0, 0.1) is 12.7 Å². The molecule has 108 valence electrons. The Kier molecular flexibility index (Phi) is 4.07. The van der Waals surface area contributed by atoms with Gasteiger partial charge in [0.05, 0.1) is 0 Å². The van der Waals surface area contributed by atoms with E-state index in [0.717, 1.165) is 4.31 Å². The van der Waals surface area contributed by atoms with Crippen LogP contribution in [0.15, 0.2) is 33.3 Å². The fourth-order valence-electron chi connectivity index (χ4n) is 1.73. The topological polar surface area (TPSA) is 70.2 Å². The molecule has 1 heterocycles. The fraction of sp³-hybridized carbons (Fsp3) is 0.250. The van der Waals surface area contributed by atoms with E-state index < -0.39 is 20.7 Å². The van der Waals surface area contributed by atoms with Gasteiger partial charge >= 0.3 is 4.87 Å². The Morgan fingerprint density at radius 1 is 1.35 bits per heavy atom. The molecule has 0 bridgehead atoms. The first-order valence-electron chi connectivity index (χ1n) is 5.72. The highest BCUT2D eigenvalue weighted by atomic mass is 32.2. The number of hydrogen-bond acceptors (Lipinski definition) is 4. The highest BCUT2D eigenvalue weighted by Crippen LogP contribution is 2.22. The van der Waals surface area contributed by atoms with Crippen LogP contribution in [-0.2, 0) is 16.6 Å². The molecule has 0 aliphatic carbocycles. The number of aromatic amines is 1. The molecular formula is C12H13FN2O3S2. The molecule has 0 fully saturated rings. The molecule has 0 spiro atoms. The zero-order valence-electron chi connectivity index (χ0n) is 10.9. The number of H-pyrrole nitrogens is 1. The van der Waals surface area contributed by atoms with E-state index >= 15 is 0 Å². The molecule has 0 saturated heterocycles. The quantitative estimate of drug-likeness (QED) is 0.933. The number of benzene rings is 1. The highest BCUT2D eigenvalue weighted by molar-refractivity contribution is 7.91. The van der Waals surface area contributed by atoms with E-state index in [4.69, 9.17) is 0 Å². The monoisotopic (exact) mass is 316 g/mol. The Balaban J connectivity index is 2.33. The number of sulfonamides is 1. The minimum atomic E-state index is -3.81. The average molecular weight is 316 g/mol. The van der Waals surface area contributed by atoms with Crippen molar-refractivity contribution in [1.82, 2.24) is 9.29 Å². The number of aromatic nitrogens is 1. The summed E-state index contributed by atoms with van der Waals surface area (Å²) in [6, 6.07) is 5.97. The first kappa shape index (κ1) is 14.9. The van der Waals surface area contributed by atoms with Crippen LogP contribution >= 0.6 is 11.3 Å². The largest absolute Gasteiger partial charge is 0.315 e. The Bertz CT molecular complexity index is 780. The second kappa shape index (κ2) is 5.47. The molecule has 0 saturated carbocycles. The molecule has 0 aliphatic rings. The molecule has 2 aromatic rings. The third kappa shape index (κ3) is 2.82. The van der Waals surface area contributed by atoms with Gasteiger partial charge in [0.2, 0.25) is 0 Å². The van der Waals surface area contributed by atoms with Crippen molar-refractivity contribution < 1.29 is 12.8 Å². The van der Waals surface area contributed by atoms with Gasteiger partial charge in [-0.15, -0.1) is 0 Å². The molecule has 1 N–H and O–H groups in total. The predicted molar refractivity (Wildman–Crippen MR) is 74.7 cm³/mol. The van der Waals surface area contributed by atoms with Crippen molar-refractivity contribution in [3.8, 4) is 0 Å². The number of thiazole rings is 1. The van der Waals surface area contributed by atoms with Gasteiger partial charge in [-0.05, 0) is 13.0 Å². The van der Waals surface area contributed by atoms with Crippen molar-refractivity contribution in [3.63, 3.8) is 0 Å². The molecule has 0 aliphatic heterocycles. The van der Waals surface area contributed by atoms with Gasteiger partial charge in [0, 0.05) is 24.8 Å². The molecule has 5 nitrogen and oxygen atoms in total. The van der Waals surface area contributed by atoms with Crippen LogP contribution in [0.25, 0.3) is 0 Å². The van der Waals surface area contributed by atoms with Gasteiger partial charge in [-0.2, -0.15) is 4.31 Å². The maximum absolute atomic E-state index is 13.5. The SMILES string of the molecule is Cc1[nH]c(=O)sc1S(=O)(=O)N(C)Cc1ccccc1F. The average Bonchev–Trinajstić information content (AvgIpc) is 2.72. The Morgan fingerprint density at radius 2 is 2.00 bits per heavy atom. The number of halogens is 1. The lowest BCUT2D eigenvalue weighted by molar-refractivity contribution is 0.457.